The zero-order valence-electron chi connectivity index (χ0n) is 6.89. The molecule has 0 radical (unpaired) electrons. The van der Waals surface area contributed by atoms with Gasteiger partial charge in [0.15, 0.2) is 0 Å². The van der Waals surface area contributed by atoms with E-state index in [1.165, 1.54) is 0 Å². The van der Waals surface area contributed by atoms with Crippen molar-refractivity contribution in [3.05, 3.63) is 18.0 Å². The van der Waals surface area contributed by atoms with Crippen molar-refractivity contribution < 1.29 is 12.6 Å². The lowest BCUT2D eigenvalue weighted by molar-refractivity contribution is 0.301. The molecule has 0 saturated heterocycles. The molecule has 0 aliphatic heterocycles. The Labute approximate surface area is 71.1 Å². The Bertz CT molecular complexity index is 355. The normalized spacial score (nSPS) is 11.8. The number of aromatic nitrogens is 2. The third kappa shape index (κ3) is 2.63. The Hall–Kier alpha value is -0.880. The molecule has 1 aromatic heterocycles. The van der Waals surface area contributed by atoms with Crippen molar-refractivity contribution in [1.82, 2.24) is 9.78 Å². The molecule has 0 aliphatic rings. The summed E-state index contributed by atoms with van der Waals surface area (Å²) in [5, 5.41) is 3.86. The molecule has 6 heteroatoms. The lowest BCUT2D eigenvalue weighted by atomic mass is 10.5. The van der Waals surface area contributed by atoms with E-state index >= 15 is 0 Å². The zero-order valence-corrected chi connectivity index (χ0v) is 7.71. The van der Waals surface area contributed by atoms with E-state index in [0.29, 0.717) is 0 Å². The number of rotatable bonds is 3. The van der Waals surface area contributed by atoms with Crippen molar-refractivity contribution in [2.75, 3.05) is 6.26 Å². The first-order valence-corrected chi connectivity index (χ1v) is 5.12. The van der Waals surface area contributed by atoms with Gasteiger partial charge in [0.2, 0.25) is 0 Å². The molecule has 1 heterocycles. The van der Waals surface area contributed by atoms with Gasteiger partial charge in [-0.05, 0) is 6.07 Å². The van der Waals surface area contributed by atoms with E-state index < -0.39 is 10.1 Å². The van der Waals surface area contributed by atoms with Crippen LogP contribution < -0.4 is 0 Å². The van der Waals surface area contributed by atoms with Crippen molar-refractivity contribution in [2.24, 2.45) is 7.05 Å². The van der Waals surface area contributed by atoms with E-state index in [-0.39, 0.29) is 6.61 Å². The summed E-state index contributed by atoms with van der Waals surface area (Å²) in [4.78, 5) is 0. The second-order valence-corrected chi connectivity index (χ2v) is 4.06. The van der Waals surface area contributed by atoms with E-state index in [0.717, 1.165) is 11.9 Å². The summed E-state index contributed by atoms with van der Waals surface area (Å²) in [6, 6.07) is 1.70. The molecule has 0 fully saturated rings. The summed E-state index contributed by atoms with van der Waals surface area (Å²) >= 11 is 0. The number of hydrogen-bond acceptors (Lipinski definition) is 4. The third-order valence-electron chi connectivity index (χ3n) is 1.34. The Balaban J connectivity index is 2.61. The molecule has 68 valence electrons. The summed E-state index contributed by atoms with van der Waals surface area (Å²) in [6.07, 6.45) is 2.60. The van der Waals surface area contributed by atoms with Crippen LogP contribution in [0.5, 0.6) is 0 Å². The Morgan fingerprint density at radius 3 is 2.75 bits per heavy atom. The highest BCUT2D eigenvalue weighted by atomic mass is 32.2. The van der Waals surface area contributed by atoms with E-state index in [1.807, 2.05) is 0 Å². The maximum absolute atomic E-state index is 10.6. The molecule has 0 amide bonds. The Morgan fingerprint density at radius 1 is 1.67 bits per heavy atom. The first-order chi connectivity index (χ1) is 5.49. The molecule has 0 atom stereocenters. The topological polar surface area (TPSA) is 61.2 Å². The van der Waals surface area contributed by atoms with Gasteiger partial charge in [-0.1, -0.05) is 0 Å². The van der Waals surface area contributed by atoms with Gasteiger partial charge in [0.1, 0.15) is 6.61 Å². The molecule has 0 spiro atoms. The molecular weight excluding hydrogens is 180 g/mol. The molecule has 5 nitrogen and oxygen atoms in total. The van der Waals surface area contributed by atoms with E-state index in [4.69, 9.17) is 0 Å². The summed E-state index contributed by atoms with van der Waals surface area (Å²) in [6.45, 7) is 0.0370. The number of nitrogens with zero attached hydrogens (tertiary/aromatic N) is 2. The number of aryl methyl sites for hydroxylation is 1. The zero-order chi connectivity index (χ0) is 9.19. The quantitative estimate of drug-likeness (QED) is 0.624. The van der Waals surface area contributed by atoms with Crippen molar-refractivity contribution >= 4 is 10.1 Å². The van der Waals surface area contributed by atoms with Gasteiger partial charge in [0, 0.05) is 13.2 Å². The molecule has 0 aromatic carbocycles. The van der Waals surface area contributed by atoms with Crippen LogP contribution in [-0.4, -0.2) is 24.5 Å². The lowest BCUT2D eigenvalue weighted by Crippen LogP contribution is -2.06. The average molecular weight is 190 g/mol. The minimum atomic E-state index is -3.36. The minimum Gasteiger partial charge on any atom is -0.270 e. The third-order valence-corrected chi connectivity index (χ3v) is 1.89. The number of hydrogen-bond donors (Lipinski definition) is 0. The highest BCUT2D eigenvalue weighted by Gasteiger charge is 2.04. The fourth-order valence-electron chi connectivity index (χ4n) is 0.710. The Morgan fingerprint density at radius 2 is 2.33 bits per heavy atom. The van der Waals surface area contributed by atoms with Gasteiger partial charge in [-0.2, -0.15) is 13.5 Å². The van der Waals surface area contributed by atoms with Gasteiger partial charge < -0.3 is 0 Å². The lowest BCUT2D eigenvalue weighted by Gasteiger charge is -2.00. The second-order valence-electron chi connectivity index (χ2n) is 2.41. The predicted molar refractivity (Wildman–Crippen MR) is 42.8 cm³/mol. The molecule has 0 N–H and O–H groups in total. The fourth-order valence-corrected chi connectivity index (χ4v) is 1.05. The minimum absolute atomic E-state index is 0.0370. The highest BCUT2D eigenvalue weighted by Crippen LogP contribution is 2.00. The summed E-state index contributed by atoms with van der Waals surface area (Å²) < 4.78 is 27.3. The van der Waals surface area contributed by atoms with Gasteiger partial charge in [0.25, 0.3) is 10.1 Å². The van der Waals surface area contributed by atoms with Crippen LogP contribution >= 0.6 is 0 Å². The maximum atomic E-state index is 10.6. The van der Waals surface area contributed by atoms with Crippen LogP contribution in [0.4, 0.5) is 0 Å². The van der Waals surface area contributed by atoms with Crippen molar-refractivity contribution in [3.63, 3.8) is 0 Å². The van der Waals surface area contributed by atoms with Gasteiger partial charge in [-0.3, -0.25) is 8.86 Å². The molecule has 1 rings (SSSR count). The average Bonchev–Trinajstić information content (AvgIpc) is 2.29. The first-order valence-electron chi connectivity index (χ1n) is 3.30. The summed E-state index contributed by atoms with van der Waals surface area (Å²) in [5.74, 6) is 0. The molecule has 0 saturated carbocycles. The molecule has 0 unspecified atom stereocenters. The van der Waals surface area contributed by atoms with Gasteiger partial charge >= 0.3 is 0 Å². The van der Waals surface area contributed by atoms with Gasteiger partial charge in [0.05, 0.1) is 11.9 Å². The maximum Gasteiger partial charge on any atom is 0.264 e. The second kappa shape index (κ2) is 3.24. The van der Waals surface area contributed by atoms with Crippen molar-refractivity contribution in [2.45, 2.75) is 6.61 Å². The summed E-state index contributed by atoms with van der Waals surface area (Å²) in [7, 11) is -1.63. The van der Waals surface area contributed by atoms with Crippen LogP contribution in [0.1, 0.15) is 5.69 Å². The molecular formula is C6H10N2O3S. The van der Waals surface area contributed by atoms with E-state index in [2.05, 4.69) is 9.28 Å². The molecule has 1 aromatic rings. The predicted octanol–water partition coefficient (Wildman–Crippen LogP) is -0.104. The van der Waals surface area contributed by atoms with Crippen LogP contribution in [-0.2, 0) is 28.0 Å². The monoisotopic (exact) mass is 190 g/mol. The fraction of sp³-hybridized carbons (Fsp3) is 0.500. The van der Waals surface area contributed by atoms with Crippen LogP contribution in [0.25, 0.3) is 0 Å². The Kier molecular flexibility index (Phi) is 2.49. The van der Waals surface area contributed by atoms with Crippen molar-refractivity contribution in [3.8, 4) is 0 Å². The van der Waals surface area contributed by atoms with Gasteiger partial charge in [-0.25, -0.2) is 0 Å². The van der Waals surface area contributed by atoms with E-state index in [9.17, 15) is 8.42 Å². The van der Waals surface area contributed by atoms with E-state index in [1.54, 1.807) is 24.0 Å². The highest BCUT2D eigenvalue weighted by molar-refractivity contribution is 7.85. The molecule has 0 aliphatic carbocycles. The molecule has 0 bridgehead atoms. The SMILES string of the molecule is Cn1nccc1COS(C)(=O)=O. The summed E-state index contributed by atoms with van der Waals surface area (Å²) in [5.41, 5.74) is 0.723. The van der Waals surface area contributed by atoms with Crippen LogP contribution in [0.2, 0.25) is 0 Å². The van der Waals surface area contributed by atoms with Crippen LogP contribution in [0.3, 0.4) is 0 Å². The van der Waals surface area contributed by atoms with Crippen molar-refractivity contribution in [1.29, 1.82) is 0 Å². The smallest absolute Gasteiger partial charge is 0.264 e. The standard InChI is InChI=1S/C6H10N2O3S/c1-8-6(3-4-7-8)5-11-12(2,9)10/h3-4H,5H2,1-2H3. The van der Waals surface area contributed by atoms with Crippen LogP contribution in [0, 0.1) is 0 Å². The molecule has 12 heavy (non-hydrogen) atoms. The first kappa shape index (κ1) is 9.21. The largest absolute Gasteiger partial charge is 0.270 e. The van der Waals surface area contributed by atoms with Gasteiger partial charge in [-0.15, -0.1) is 0 Å². The van der Waals surface area contributed by atoms with Crippen LogP contribution in [0.15, 0.2) is 12.3 Å².